The van der Waals surface area contributed by atoms with E-state index in [0.717, 1.165) is 0 Å². The van der Waals surface area contributed by atoms with Gasteiger partial charge in [0.2, 0.25) is 10.0 Å². The summed E-state index contributed by atoms with van der Waals surface area (Å²) in [7, 11) is -1.69. The van der Waals surface area contributed by atoms with Gasteiger partial charge < -0.3 is 5.32 Å². The first-order valence-corrected chi connectivity index (χ1v) is 7.79. The molecule has 1 saturated carbocycles. The third kappa shape index (κ3) is 3.03. The summed E-state index contributed by atoms with van der Waals surface area (Å²) in [6.45, 7) is 2.62. The van der Waals surface area contributed by atoms with Crippen molar-refractivity contribution < 1.29 is 8.42 Å². The molecular formula is C13H20N2O2S. The Balaban J connectivity index is 2.09. The molecule has 1 aliphatic carbocycles. The van der Waals surface area contributed by atoms with Gasteiger partial charge in [-0.1, -0.05) is 19.1 Å². The summed E-state index contributed by atoms with van der Waals surface area (Å²) in [5, 5.41) is 2.91. The summed E-state index contributed by atoms with van der Waals surface area (Å²) in [5.41, 5.74) is 0.629. The highest BCUT2D eigenvalue weighted by atomic mass is 32.2. The molecule has 1 aromatic rings. The van der Waals surface area contributed by atoms with Crippen molar-refractivity contribution in [2.45, 2.75) is 24.7 Å². The zero-order valence-corrected chi connectivity index (χ0v) is 11.6. The molecule has 1 atom stereocenters. The van der Waals surface area contributed by atoms with Crippen LogP contribution in [0.4, 0.5) is 5.69 Å². The molecule has 0 aromatic heterocycles. The number of para-hydroxylation sites is 1. The van der Waals surface area contributed by atoms with Crippen LogP contribution >= 0.6 is 0 Å². The molecule has 4 nitrogen and oxygen atoms in total. The molecule has 0 heterocycles. The van der Waals surface area contributed by atoms with Gasteiger partial charge in [0.05, 0.1) is 5.69 Å². The van der Waals surface area contributed by atoms with Crippen LogP contribution < -0.4 is 10.0 Å². The van der Waals surface area contributed by atoms with E-state index in [9.17, 15) is 8.42 Å². The zero-order chi connectivity index (χ0) is 13.2. The Hall–Kier alpha value is -1.07. The van der Waals surface area contributed by atoms with Gasteiger partial charge in [0.15, 0.2) is 0 Å². The summed E-state index contributed by atoms with van der Waals surface area (Å²) < 4.78 is 27.1. The first kappa shape index (κ1) is 13.4. The second kappa shape index (κ2) is 5.28. The molecular weight excluding hydrogens is 248 g/mol. The maximum atomic E-state index is 12.2. The van der Waals surface area contributed by atoms with Gasteiger partial charge in [0, 0.05) is 13.6 Å². The molecule has 0 radical (unpaired) electrons. The highest BCUT2D eigenvalue weighted by Gasteiger charge is 2.29. The lowest BCUT2D eigenvalue weighted by Crippen LogP contribution is -2.29. The molecule has 0 amide bonds. The molecule has 1 fully saturated rings. The maximum absolute atomic E-state index is 12.2. The van der Waals surface area contributed by atoms with Gasteiger partial charge in [-0.05, 0) is 36.8 Å². The summed E-state index contributed by atoms with van der Waals surface area (Å²) in [5.74, 6) is 1.12. The Kier molecular flexibility index (Phi) is 3.92. The van der Waals surface area contributed by atoms with Crippen LogP contribution in [0.2, 0.25) is 0 Å². The number of hydrogen-bond donors (Lipinski definition) is 2. The molecule has 2 rings (SSSR count). The fourth-order valence-electron chi connectivity index (χ4n) is 2.06. The quantitative estimate of drug-likeness (QED) is 0.830. The molecule has 1 unspecified atom stereocenters. The molecule has 5 heteroatoms. The third-order valence-corrected chi connectivity index (χ3v) is 4.95. The van der Waals surface area contributed by atoms with Crippen LogP contribution in [0, 0.1) is 11.8 Å². The van der Waals surface area contributed by atoms with Crippen molar-refractivity contribution in [1.29, 1.82) is 0 Å². The van der Waals surface area contributed by atoms with Crippen LogP contribution in [0.1, 0.15) is 19.8 Å². The smallest absolute Gasteiger partial charge is 0.242 e. The first-order valence-electron chi connectivity index (χ1n) is 6.31. The van der Waals surface area contributed by atoms with E-state index in [-0.39, 0.29) is 0 Å². The number of nitrogens with one attached hydrogen (secondary N) is 2. The minimum absolute atomic E-state index is 0.315. The van der Waals surface area contributed by atoms with Gasteiger partial charge in [0.1, 0.15) is 4.90 Å². The standard InChI is InChI=1S/C13H20N2O2S/c1-10(11-7-8-11)9-15-18(16,17)13-6-4-3-5-12(13)14-2/h3-6,10-11,14-15H,7-9H2,1-2H3. The van der Waals surface area contributed by atoms with Gasteiger partial charge in [-0.2, -0.15) is 0 Å². The number of sulfonamides is 1. The monoisotopic (exact) mass is 268 g/mol. The largest absolute Gasteiger partial charge is 0.387 e. The molecule has 2 N–H and O–H groups in total. The van der Waals surface area contributed by atoms with Crippen molar-refractivity contribution in [3.63, 3.8) is 0 Å². The van der Waals surface area contributed by atoms with Crippen molar-refractivity contribution in [2.24, 2.45) is 11.8 Å². The lowest BCUT2D eigenvalue weighted by atomic mass is 10.1. The van der Waals surface area contributed by atoms with Crippen molar-refractivity contribution in [3.8, 4) is 0 Å². The van der Waals surface area contributed by atoms with Gasteiger partial charge >= 0.3 is 0 Å². The fourth-order valence-corrected chi connectivity index (χ4v) is 3.41. The Morgan fingerprint density at radius 2 is 2.00 bits per heavy atom. The molecule has 1 aliphatic rings. The third-order valence-electron chi connectivity index (χ3n) is 3.47. The number of rotatable bonds is 6. The lowest BCUT2D eigenvalue weighted by Gasteiger charge is -2.14. The maximum Gasteiger partial charge on any atom is 0.242 e. The molecule has 18 heavy (non-hydrogen) atoms. The number of hydrogen-bond acceptors (Lipinski definition) is 3. The van der Waals surface area contributed by atoms with E-state index < -0.39 is 10.0 Å². The Morgan fingerprint density at radius 1 is 1.33 bits per heavy atom. The second-order valence-corrected chi connectivity index (χ2v) is 6.65. The minimum atomic E-state index is -3.42. The predicted octanol–water partition coefficient (Wildman–Crippen LogP) is 2.05. The summed E-state index contributed by atoms with van der Waals surface area (Å²) in [6, 6.07) is 6.94. The number of anilines is 1. The van der Waals surface area contributed by atoms with Crippen LogP contribution in [0.5, 0.6) is 0 Å². The highest BCUT2D eigenvalue weighted by molar-refractivity contribution is 7.89. The van der Waals surface area contributed by atoms with Crippen LogP contribution in [0.15, 0.2) is 29.2 Å². The Labute approximate surface area is 109 Å². The van der Waals surface area contributed by atoms with Crippen LogP contribution in [-0.2, 0) is 10.0 Å². The minimum Gasteiger partial charge on any atom is -0.387 e. The summed E-state index contributed by atoms with van der Waals surface area (Å²) >= 11 is 0. The van der Waals surface area contributed by atoms with Crippen molar-refractivity contribution >= 4 is 15.7 Å². The molecule has 0 saturated heterocycles. The zero-order valence-electron chi connectivity index (χ0n) is 10.8. The molecule has 0 aliphatic heterocycles. The van der Waals surface area contributed by atoms with Crippen LogP contribution in [0.25, 0.3) is 0 Å². The van der Waals surface area contributed by atoms with Gasteiger partial charge in [-0.25, -0.2) is 13.1 Å². The SMILES string of the molecule is CNc1ccccc1S(=O)(=O)NCC(C)C1CC1. The van der Waals surface area contributed by atoms with Gasteiger partial charge in [-0.15, -0.1) is 0 Å². The van der Waals surface area contributed by atoms with Gasteiger partial charge in [-0.3, -0.25) is 0 Å². The molecule has 1 aromatic carbocycles. The summed E-state index contributed by atoms with van der Waals surface area (Å²) in [4.78, 5) is 0.315. The molecule has 100 valence electrons. The van der Waals surface area contributed by atoms with Crippen LogP contribution in [0.3, 0.4) is 0 Å². The van der Waals surface area contributed by atoms with E-state index >= 15 is 0 Å². The van der Waals surface area contributed by atoms with E-state index in [2.05, 4.69) is 17.0 Å². The van der Waals surface area contributed by atoms with E-state index in [1.807, 2.05) is 6.07 Å². The van der Waals surface area contributed by atoms with E-state index in [4.69, 9.17) is 0 Å². The van der Waals surface area contributed by atoms with Crippen molar-refractivity contribution in [1.82, 2.24) is 4.72 Å². The lowest BCUT2D eigenvalue weighted by molar-refractivity contribution is 0.492. The average molecular weight is 268 g/mol. The van der Waals surface area contributed by atoms with Crippen molar-refractivity contribution in [3.05, 3.63) is 24.3 Å². The average Bonchev–Trinajstić information content (AvgIpc) is 3.20. The summed E-state index contributed by atoms with van der Waals surface area (Å²) in [6.07, 6.45) is 2.46. The van der Waals surface area contributed by atoms with E-state index in [1.54, 1.807) is 25.2 Å². The number of benzene rings is 1. The molecule has 0 bridgehead atoms. The van der Waals surface area contributed by atoms with Crippen molar-refractivity contribution in [2.75, 3.05) is 18.9 Å². The fraction of sp³-hybridized carbons (Fsp3) is 0.538. The molecule has 0 spiro atoms. The van der Waals surface area contributed by atoms with E-state index in [0.29, 0.717) is 29.0 Å². The Morgan fingerprint density at radius 3 is 2.61 bits per heavy atom. The first-order chi connectivity index (χ1) is 8.54. The topological polar surface area (TPSA) is 58.2 Å². The van der Waals surface area contributed by atoms with Crippen LogP contribution in [-0.4, -0.2) is 22.0 Å². The normalized spacial score (nSPS) is 17.4. The van der Waals surface area contributed by atoms with E-state index in [1.165, 1.54) is 12.8 Å². The van der Waals surface area contributed by atoms with Gasteiger partial charge in [0.25, 0.3) is 0 Å². The Bertz CT molecular complexity index is 509. The highest BCUT2D eigenvalue weighted by Crippen LogP contribution is 2.36. The predicted molar refractivity (Wildman–Crippen MR) is 73.1 cm³/mol. The second-order valence-electron chi connectivity index (χ2n) is 4.91.